The average Bonchev–Trinajstić information content (AvgIpc) is 2.92. The Labute approximate surface area is 140 Å². The lowest BCUT2D eigenvalue weighted by Gasteiger charge is -2.37. The second-order valence-electron chi connectivity index (χ2n) is 6.97. The van der Waals surface area contributed by atoms with Gasteiger partial charge in [-0.05, 0) is 18.1 Å². The third-order valence-corrected chi connectivity index (χ3v) is 8.49. The van der Waals surface area contributed by atoms with E-state index in [1.54, 1.807) is 24.3 Å². The van der Waals surface area contributed by atoms with Crippen LogP contribution in [-0.2, 0) is 13.9 Å². The first kappa shape index (κ1) is 12.7. The van der Waals surface area contributed by atoms with E-state index in [-0.39, 0.29) is 5.04 Å². The van der Waals surface area contributed by atoms with Crippen molar-refractivity contribution >= 4 is 8.32 Å². The second-order valence-corrected chi connectivity index (χ2v) is 11.7. The van der Waals surface area contributed by atoms with Crippen LogP contribution in [0, 0.1) is 0 Å². The van der Waals surface area contributed by atoms with E-state index in [0.717, 1.165) is 0 Å². The molecule has 2 rings (SSSR count). The molecule has 1 fully saturated rings. The van der Waals surface area contributed by atoms with Gasteiger partial charge in [-0.3, -0.25) is 0 Å². The molecule has 1 aliphatic heterocycles. The number of benzene rings is 1. The van der Waals surface area contributed by atoms with E-state index >= 15 is 0 Å². The number of hydrogen-bond donors (Lipinski definition) is 1. The predicted octanol–water partition coefficient (Wildman–Crippen LogP) is 3.48. The molecule has 4 nitrogen and oxygen atoms in total. The highest BCUT2D eigenvalue weighted by Crippen LogP contribution is 2.38. The smallest absolute Gasteiger partial charge is 0.192 e. The number of hydrogen-bond acceptors (Lipinski definition) is 4. The van der Waals surface area contributed by atoms with Crippen LogP contribution >= 0.6 is 0 Å². The fourth-order valence-corrected chi connectivity index (χ4v) is 2.47. The average molecular weight is 329 g/mol. The van der Waals surface area contributed by atoms with Gasteiger partial charge in [-0.15, -0.1) is 0 Å². The van der Waals surface area contributed by atoms with Crippen molar-refractivity contribution in [2.75, 3.05) is 13.1 Å². The first-order chi connectivity index (χ1) is 11.7. The molecule has 1 N–H and O–H groups in total. The predicted molar refractivity (Wildman–Crippen MR) is 89.2 cm³/mol. The van der Waals surface area contributed by atoms with Crippen LogP contribution < -0.4 is 0 Å². The third-order valence-electron chi connectivity index (χ3n) is 4.25. The molecule has 1 unspecified atom stereocenters. The van der Waals surface area contributed by atoms with Crippen molar-refractivity contribution in [3.8, 4) is 0 Å². The molecule has 5 heteroatoms. The summed E-state index contributed by atoms with van der Waals surface area (Å²) >= 11 is 0. The Kier molecular flexibility index (Phi) is 3.92. The van der Waals surface area contributed by atoms with Gasteiger partial charge in [-0.1, -0.05) is 51.1 Å². The van der Waals surface area contributed by atoms with Gasteiger partial charge in [0.1, 0.15) is 12.2 Å². The minimum atomic E-state index is -2.78. The first-order valence-electron chi connectivity index (χ1n) is 9.43. The van der Waals surface area contributed by atoms with Gasteiger partial charge in [0.2, 0.25) is 0 Å². The summed E-state index contributed by atoms with van der Waals surface area (Å²) in [5.74, 6) is 0. The standard InChI is InChI=1S/C17H28O4Si/c1-17(2,3)22(4,5)19-12-15-14(11-18)20-16(21-15)13-9-7-6-8-10-13/h6-10,14-16,18H,11-12H2,1-5H3/t14-,15-,16?/m0/s1/i11D2,12D2. The lowest BCUT2D eigenvalue weighted by atomic mass is 10.2. The molecular weight excluding hydrogens is 296 g/mol. The summed E-state index contributed by atoms with van der Waals surface area (Å²) in [6.45, 7) is 4.64. The summed E-state index contributed by atoms with van der Waals surface area (Å²) in [4.78, 5) is 0. The molecule has 1 aromatic carbocycles. The lowest BCUT2D eigenvalue weighted by molar-refractivity contribution is -0.0765. The van der Waals surface area contributed by atoms with Crippen LogP contribution in [0.15, 0.2) is 30.3 Å². The minimum absolute atomic E-state index is 0.244. The molecule has 1 aromatic rings. The van der Waals surface area contributed by atoms with Crippen molar-refractivity contribution in [3.63, 3.8) is 0 Å². The van der Waals surface area contributed by atoms with E-state index in [1.165, 1.54) is 0 Å². The molecule has 1 saturated heterocycles. The summed E-state index contributed by atoms with van der Waals surface area (Å²) in [6.07, 6.45) is -3.92. The summed E-state index contributed by atoms with van der Waals surface area (Å²) in [7, 11) is -2.51. The van der Waals surface area contributed by atoms with Crippen LogP contribution in [0.1, 0.15) is 38.1 Å². The Morgan fingerprint density at radius 1 is 1.18 bits per heavy atom. The molecule has 0 spiro atoms. The molecule has 0 radical (unpaired) electrons. The van der Waals surface area contributed by atoms with Crippen LogP contribution in [0.2, 0.25) is 18.1 Å². The van der Waals surface area contributed by atoms with Gasteiger partial charge < -0.3 is 19.0 Å². The van der Waals surface area contributed by atoms with E-state index < -0.39 is 39.9 Å². The molecule has 1 aliphatic rings. The molecule has 0 bridgehead atoms. The Bertz CT molecular complexity index is 613. The largest absolute Gasteiger partial charge is 0.414 e. The van der Waals surface area contributed by atoms with E-state index in [4.69, 9.17) is 19.4 Å². The topological polar surface area (TPSA) is 47.9 Å². The SMILES string of the molecule is [2H]C([2H])(O)[C@@H]1OC(c2ccccc2)O[C@H]1C([2H])([2H])O[Si](C)(C)C(C)(C)C. The summed E-state index contributed by atoms with van der Waals surface area (Å²) < 4.78 is 49.3. The molecule has 22 heavy (non-hydrogen) atoms. The van der Waals surface area contributed by atoms with Crippen molar-refractivity contribution in [2.45, 2.75) is 57.4 Å². The summed E-state index contributed by atoms with van der Waals surface area (Å²) in [5, 5.41) is 9.65. The Balaban J connectivity index is 2.31. The van der Waals surface area contributed by atoms with E-state index in [0.29, 0.717) is 5.56 Å². The number of aliphatic hydroxyl groups is 1. The molecule has 3 atom stereocenters. The van der Waals surface area contributed by atoms with Crippen LogP contribution in [0.5, 0.6) is 0 Å². The zero-order valence-corrected chi connectivity index (χ0v) is 14.8. The zero-order chi connectivity index (χ0) is 20.0. The van der Waals surface area contributed by atoms with E-state index in [9.17, 15) is 5.11 Å². The first-order valence-corrected chi connectivity index (χ1v) is 10.3. The van der Waals surface area contributed by atoms with Crippen LogP contribution in [0.4, 0.5) is 0 Å². The maximum Gasteiger partial charge on any atom is 0.192 e. The maximum absolute atomic E-state index is 9.89. The van der Waals surface area contributed by atoms with Gasteiger partial charge in [0.05, 0.1) is 18.6 Å². The molecular formula is C17H28O4Si. The van der Waals surface area contributed by atoms with Crippen LogP contribution in [0.3, 0.4) is 0 Å². The molecule has 1 heterocycles. The fourth-order valence-electron chi connectivity index (χ4n) is 1.75. The van der Waals surface area contributed by atoms with Crippen molar-refractivity contribution in [2.24, 2.45) is 0 Å². The van der Waals surface area contributed by atoms with Crippen LogP contribution in [-0.4, -0.2) is 38.7 Å². The van der Waals surface area contributed by atoms with Gasteiger partial charge in [0.25, 0.3) is 0 Å². The Morgan fingerprint density at radius 2 is 1.77 bits per heavy atom. The van der Waals surface area contributed by atoms with Crippen LogP contribution in [0.25, 0.3) is 0 Å². The highest BCUT2D eigenvalue weighted by atomic mass is 28.4. The highest BCUT2D eigenvalue weighted by Gasteiger charge is 2.41. The van der Waals surface area contributed by atoms with Gasteiger partial charge in [0, 0.05) is 5.56 Å². The minimum Gasteiger partial charge on any atom is -0.414 e. The second kappa shape index (κ2) is 6.80. The van der Waals surface area contributed by atoms with Gasteiger partial charge in [-0.25, -0.2) is 0 Å². The van der Waals surface area contributed by atoms with E-state index in [2.05, 4.69) is 0 Å². The molecule has 124 valence electrons. The molecule has 0 aromatic heterocycles. The van der Waals surface area contributed by atoms with Crippen molar-refractivity contribution in [1.82, 2.24) is 0 Å². The lowest BCUT2D eigenvalue weighted by Crippen LogP contribution is -2.44. The number of ether oxygens (including phenoxy) is 2. The number of rotatable bonds is 5. The van der Waals surface area contributed by atoms with E-state index in [1.807, 2.05) is 39.9 Å². The normalized spacial score (nSPS) is 30.4. The molecule has 0 saturated carbocycles. The third kappa shape index (κ3) is 3.97. The quantitative estimate of drug-likeness (QED) is 0.841. The molecule has 0 amide bonds. The van der Waals surface area contributed by atoms with Crippen molar-refractivity contribution < 1.29 is 24.5 Å². The van der Waals surface area contributed by atoms with Crippen molar-refractivity contribution in [3.05, 3.63) is 35.9 Å². The fraction of sp³-hybridized carbons (Fsp3) is 0.647. The maximum atomic E-state index is 9.89. The summed E-state index contributed by atoms with van der Waals surface area (Å²) in [5.41, 5.74) is 0.618. The van der Waals surface area contributed by atoms with Gasteiger partial charge in [0.15, 0.2) is 14.6 Å². The van der Waals surface area contributed by atoms with Gasteiger partial charge in [-0.2, -0.15) is 0 Å². The monoisotopic (exact) mass is 328 g/mol. The summed E-state index contributed by atoms with van der Waals surface area (Å²) in [6, 6.07) is 8.85. The Morgan fingerprint density at radius 3 is 2.32 bits per heavy atom. The Hall–Kier alpha value is -0.723. The van der Waals surface area contributed by atoms with Gasteiger partial charge >= 0.3 is 0 Å². The zero-order valence-electron chi connectivity index (χ0n) is 17.8. The van der Waals surface area contributed by atoms with Crippen molar-refractivity contribution in [1.29, 1.82) is 0 Å². The molecule has 0 aliphatic carbocycles. The highest BCUT2D eigenvalue weighted by molar-refractivity contribution is 6.74.